The van der Waals surface area contributed by atoms with E-state index < -0.39 is 51.1 Å². The van der Waals surface area contributed by atoms with Gasteiger partial charge in [-0.3, -0.25) is 23.4 Å². The first-order chi connectivity index (χ1) is 27.1. The second-order valence-corrected chi connectivity index (χ2v) is 16.0. The van der Waals surface area contributed by atoms with E-state index in [1.807, 2.05) is 0 Å². The number of ether oxygens (including phenoxy) is 2. The van der Waals surface area contributed by atoms with Crippen LogP contribution in [0.4, 0.5) is 0 Å². The predicted molar refractivity (Wildman–Crippen MR) is 226 cm³/mol. The molecule has 0 rings (SSSR count). The van der Waals surface area contributed by atoms with Crippen molar-refractivity contribution < 1.29 is 47.5 Å². The van der Waals surface area contributed by atoms with Crippen LogP contribution in [0.2, 0.25) is 0 Å². The number of phosphoric ester groups is 1. The third-order valence-electron chi connectivity index (χ3n) is 9.08. The Morgan fingerprint density at radius 2 is 1.00 bits per heavy atom. The molecule has 0 aliphatic carbocycles. The summed E-state index contributed by atoms with van der Waals surface area (Å²) < 4.78 is 32.7. The third-order valence-corrected chi connectivity index (χ3v) is 10.0. The normalized spacial score (nSPS) is 14.2. The Kier molecular flexibility index (Phi) is 37.5. The van der Waals surface area contributed by atoms with Crippen LogP contribution in [0.1, 0.15) is 181 Å². The standard InChI is InChI=1S/C44H78NO10P/c1-3-5-7-9-11-13-15-17-19-20-22-23-25-27-29-31-33-35-42(46)52-37-40(38-53-56(50,51)54-39-41(45)44(48)49)55-43(47)36-34-32-30-28-26-24-21-18-16-14-12-10-8-6-4-2/h11,13-14,16-19,21,40-41H,3-10,12,15,20,22-39,45H2,1-2H3,(H,48,49)(H,50,51)/b13-11+,16-14+,19-17+,21-18+/t40-,41+/m1/s1. The molecule has 0 aliphatic heterocycles. The Hall–Kier alpha value is -2.56. The molecule has 0 amide bonds. The molecular weight excluding hydrogens is 733 g/mol. The lowest BCUT2D eigenvalue weighted by Gasteiger charge is -2.20. The first kappa shape index (κ1) is 53.4. The average molecular weight is 812 g/mol. The summed E-state index contributed by atoms with van der Waals surface area (Å²) in [7, 11) is -4.72. The third kappa shape index (κ3) is 38.3. The maximum atomic E-state index is 12.6. The van der Waals surface area contributed by atoms with Gasteiger partial charge in [0.15, 0.2) is 6.10 Å². The second kappa shape index (κ2) is 39.3. The van der Waals surface area contributed by atoms with Gasteiger partial charge in [-0.25, -0.2) is 4.57 Å². The number of carboxylic acids is 1. The summed E-state index contributed by atoms with van der Waals surface area (Å²) in [6.07, 6.45) is 43.1. The highest BCUT2D eigenvalue weighted by molar-refractivity contribution is 7.47. The number of aliphatic carboxylic acids is 1. The van der Waals surface area contributed by atoms with E-state index >= 15 is 0 Å². The molecule has 0 aromatic rings. The first-order valence-electron chi connectivity index (χ1n) is 21.7. The lowest BCUT2D eigenvalue weighted by Crippen LogP contribution is -2.34. The zero-order chi connectivity index (χ0) is 41.4. The van der Waals surface area contributed by atoms with E-state index in [4.69, 9.17) is 24.8 Å². The second-order valence-electron chi connectivity index (χ2n) is 14.5. The van der Waals surface area contributed by atoms with Crippen LogP contribution in [0, 0.1) is 0 Å². The molecule has 56 heavy (non-hydrogen) atoms. The maximum Gasteiger partial charge on any atom is 0.472 e. The number of carbonyl (C=O) groups is 3. The van der Waals surface area contributed by atoms with Crippen molar-refractivity contribution in [3.8, 4) is 0 Å². The summed E-state index contributed by atoms with van der Waals surface area (Å²) in [5.74, 6) is -2.41. The molecule has 0 radical (unpaired) electrons. The van der Waals surface area contributed by atoms with Crippen molar-refractivity contribution >= 4 is 25.7 Å². The van der Waals surface area contributed by atoms with Gasteiger partial charge in [0.1, 0.15) is 12.6 Å². The van der Waals surface area contributed by atoms with Crippen molar-refractivity contribution in [2.45, 2.75) is 193 Å². The molecule has 0 spiro atoms. The molecule has 0 saturated carbocycles. The van der Waals surface area contributed by atoms with Gasteiger partial charge < -0.3 is 25.2 Å². The van der Waals surface area contributed by atoms with Crippen LogP contribution >= 0.6 is 7.82 Å². The molecule has 12 heteroatoms. The molecule has 324 valence electrons. The van der Waals surface area contributed by atoms with E-state index in [9.17, 15) is 23.8 Å². The van der Waals surface area contributed by atoms with Crippen molar-refractivity contribution in [1.82, 2.24) is 0 Å². The highest BCUT2D eigenvalue weighted by atomic mass is 31.2. The summed E-state index contributed by atoms with van der Waals surface area (Å²) >= 11 is 0. The average Bonchev–Trinajstić information content (AvgIpc) is 3.17. The van der Waals surface area contributed by atoms with Crippen molar-refractivity contribution in [1.29, 1.82) is 0 Å². The Morgan fingerprint density at radius 1 is 0.571 bits per heavy atom. The predicted octanol–water partition coefficient (Wildman–Crippen LogP) is 11.4. The molecule has 0 bridgehead atoms. The lowest BCUT2D eigenvalue weighted by molar-refractivity contribution is -0.161. The lowest BCUT2D eigenvalue weighted by atomic mass is 10.1. The highest BCUT2D eigenvalue weighted by Gasteiger charge is 2.28. The van der Waals surface area contributed by atoms with Crippen LogP contribution in [-0.4, -0.2) is 59.9 Å². The summed E-state index contributed by atoms with van der Waals surface area (Å²) in [6.45, 7) is 2.73. The molecule has 1 unspecified atom stereocenters. The van der Waals surface area contributed by atoms with Crippen molar-refractivity contribution in [2.75, 3.05) is 19.8 Å². The molecule has 0 heterocycles. The van der Waals surface area contributed by atoms with Crippen LogP contribution in [0.25, 0.3) is 0 Å². The van der Waals surface area contributed by atoms with Crippen LogP contribution < -0.4 is 5.73 Å². The summed E-state index contributed by atoms with van der Waals surface area (Å²) in [5, 5.41) is 8.88. The minimum absolute atomic E-state index is 0.141. The minimum Gasteiger partial charge on any atom is -0.480 e. The molecule has 0 saturated heterocycles. The number of esters is 2. The van der Waals surface area contributed by atoms with E-state index in [-0.39, 0.29) is 19.4 Å². The fraction of sp³-hybridized carbons (Fsp3) is 0.750. The fourth-order valence-electron chi connectivity index (χ4n) is 5.61. The SMILES string of the molecule is CCCCC/C=C/C/C=C/CCCCCCCCCC(=O)OC[C@H](COP(=O)(O)OC[C@H](N)C(=O)O)OC(=O)CCCCCCC/C=C/C=C/CCCCCC. The zero-order valence-electron chi connectivity index (χ0n) is 35.0. The van der Waals surface area contributed by atoms with Gasteiger partial charge in [-0.05, 0) is 70.6 Å². The number of phosphoric acid groups is 1. The first-order valence-corrected chi connectivity index (χ1v) is 23.2. The molecule has 4 N–H and O–H groups in total. The summed E-state index contributed by atoms with van der Waals surface area (Å²) in [5.41, 5.74) is 5.33. The van der Waals surface area contributed by atoms with Gasteiger partial charge in [0.25, 0.3) is 0 Å². The topological polar surface area (TPSA) is 172 Å². The monoisotopic (exact) mass is 812 g/mol. The quantitative estimate of drug-likeness (QED) is 0.0177. The smallest absolute Gasteiger partial charge is 0.472 e. The van der Waals surface area contributed by atoms with Gasteiger partial charge in [0.2, 0.25) is 0 Å². The van der Waals surface area contributed by atoms with Crippen molar-refractivity contribution in [2.24, 2.45) is 5.73 Å². The van der Waals surface area contributed by atoms with Crippen molar-refractivity contribution in [3.05, 3.63) is 48.6 Å². The Balaban J connectivity index is 4.41. The van der Waals surface area contributed by atoms with Crippen molar-refractivity contribution in [3.63, 3.8) is 0 Å². The van der Waals surface area contributed by atoms with Crippen LogP contribution in [-0.2, 0) is 37.5 Å². The molecule has 0 aromatic carbocycles. The van der Waals surface area contributed by atoms with Gasteiger partial charge in [-0.15, -0.1) is 0 Å². The van der Waals surface area contributed by atoms with Gasteiger partial charge in [0.05, 0.1) is 13.2 Å². The number of allylic oxidation sites excluding steroid dienone is 8. The number of carboxylic acid groups (broad SMARTS) is 1. The number of rotatable bonds is 40. The summed E-state index contributed by atoms with van der Waals surface area (Å²) in [6, 6.07) is -1.53. The van der Waals surface area contributed by atoms with E-state index in [2.05, 4.69) is 67.0 Å². The van der Waals surface area contributed by atoms with Gasteiger partial charge in [-0.1, -0.05) is 146 Å². The number of carbonyl (C=O) groups excluding carboxylic acids is 2. The molecule has 0 aromatic heterocycles. The van der Waals surface area contributed by atoms with E-state index in [1.54, 1.807) is 0 Å². The van der Waals surface area contributed by atoms with E-state index in [0.29, 0.717) is 12.8 Å². The van der Waals surface area contributed by atoms with Crippen LogP contribution in [0.15, 0.2) is 48.6 Å². The largest absolute Gasteiger partial charge is 0.480 e. The molecule has 0 fully saturated rings. The maximum absolute atomic E-state index is 12.6. The summed E-state index contributed by atoms with van der Waals surface area (Å²) in [4.78, 5) is 45.9. The highest BCUT2D eigenvalue weighted by Crippen LogP contribution is 2.43. The van der Waals surface area contributed by atoms with Gasteiger partial charge in [0, 0.05) is 12.8 Å². The van der Waals surface area contributed by atoms with E-state index in [0.717, 1.165) is 70.6 Å². The number of unbranched alkanes of at least 4 members (excludes halogenated alkanes) is 19. The van der Waals surface area contributed by atoms with E-state index in [1.165, 1.54) is 70.6 Å². The van der Waals surface area contributed by atoms with Gasteiger partial charge in [-0.2, -0.15) is 0 Å². The minimum atomic E-state index is -4.72. The Labute approximate surface area is 339 Å². The zero-order valence-corrected chi connectivity index (χ0v) is 35.9. The number of hydrogen-bond acceptors (Lipinski definition) is 9. The fourth-order valence-corrected chi connectivity index (χ4v) is 6.39. The molecular formula is C44H78NO10P. The van der Waals surface area contributed by atoms with Gasteiger partial charge >= 0.3 is 25.7 Å². The molecule has 3 atom stereocenters. The Bertz CT molecular complexity index is 1140. The number of nitrogens with two attached hydrogens (primary N) is 1. The number of hydrogen-bond donors (Lipinski definition) is 3. The Morgan fingerprint density at radius 3 is 1.54 bits per heavy atom. The molecule has 11 nitrogen and oxygen atoms in total. The van der Waals surface area contributed by atoms with Crippen LogP contribution in [0.5, 0.6) is 0 Å². The van der Waals surface area contributed by atoms with Crippen LogP contribution in [0.3, 0.4) is 0 Å². The molecule has 0 aliphatic rings.